The summed E-state index contributed by atoms with van der Waals surface area (Å²) in [6.45, 7) is 23.7. The van der Waals surface area contributed by atoms with Gasteiger partial charge in [-0.15, -0.1) is 0 Å². The molecule has 2 aromatic carbocycles. The number of fused-ring (bicyclic) bond motifs is 2. The van der Waals surface area contributed by atoms with E-state index in [-0.39, 0.29) is 5.43 Å². The molecule has 1 aromatic heterocycles. The van der Waals surface area contributed by atoms with E-state index >= 15 is 0 Å². The van der Waals surface area contributed by atoms with E-state index in [0.717, 1.165) is 98.8 Å². The Bertz CT molecular complexity index is 1120. The summed E-state index contributed by atoms with van der Waals surface area (Å²) in [7, 11) is 0. The summed E-state index contributed by atoms with van der Waals surface area (Å²) < 4.78 is 14.6. The van der Waals surface area contributed by atoms with E-state index in [0.29, 0.717) is 13.2 Å². The van der Waals surface area contributed by atoms with Gasteiger partial charge < -0.3 is 28.7 Å². The first-order valence-electron chi connectivity index (χ1n) is 14.5. The van der Waals surface area contributed by atoms with E-state index < -0.39 is 0 Å². The highest BCUT2D eigenvalue weighted by molar-refractivity contribution is 5.94. The van der Waals surface area contributed by atoms with Crippen molar-refractivity contribution in [3.63, 3.8) is 0 Å². The third kappa shape index (κ3) is 7.49. The molecular weight excluding hydrogens is 476 g/mol. The van der Waals surface area contributed by atoms with Crippen molar-refractivity contribution in [1.82, 2.24) is 19.3 Å². The molecule has 7 nitrogen and oxygen atoms in total. The molecule has 38 heavy (non-hydrogen) atoms. The summed E-state index contributed by atoms with van der Waals surface area (Å²) in [6, 6.07) is 11.8. The Labute approximate surface area is 228 Å². The standard InChI is InChI=1S/C31H48N4O3/c1-7-32(8-2)17-18-35-29-23-25(37-21-19-33(9-3)10-4)13-15-27(29)31(36)28-16-14-26(24-30(28)35)38-22-20-34(11-5)12-6/h13-16,23-24H,7-12,17-22H2,1-6H3. The molecule has 3 aromatic rings. The number of ether oxygens (including phenoxy) is 2. The van der Waals surface area contributed by atoms with Crippen LogP contribution in [0.3, 0.4) is 0 Å². The number of benzene rings is 2. The van der Waals surface area contributed by atoms with Gasteiger partial charge in [-0.05, 0) is 63.5 Å². The van der Waals surface area contributed by atoms with E-state index in [4.69, 9.17) is 9.47 Å². The number of nitrogens with zero attached hydrogens (tertiary/aromatic N) is 4. The van der Waals surface area contributed by atoms with Crippen molar-refractivity contribution in [1.29, 1.82) is 0 Å². The lowest BCUT2D eigenvalue weighted by Crippen LogP contribution is -2.28. The van der Waals surface area contributed by atoms with Gasteiger partial charge in [-0.1, -0.05) is 41.5 Å². The predicted molar refractivity (Wildman–Crippen MR) is 160 cm³/mol. The summed E-state index contributed by atoms with van der Waals surface area (Å²) >= 11 is 0. The quantitative estimate of drug-likeness (QED) is 0.233. The molecule has 0 amide bonds. The van der Waals surface area contributed by atoms with Crippen molar-refractivity contribution in [3.05, 3.63) is 46.6 Å². The Hall–Kier alpha value is -2.61. The molecule has 0 aliphatic rings. The van der Waals surface area contributed by atoms with Crippen molar-refractivity contribution in [2.45, 2.75) is 48.1 Å². The van der Waals surface area contributed by atoms with Crippen LogP contribution in [0.1, 0.15) is 41.5 Å². The molecule has 0 aliphatic heterocycles. The minimum Gasteiger partial charge on any atom is -0.492 e. The molecule has 0 fully saturated rings. The molecular formula is C31H48N4O3. The zero-order valence-corrected chi connectivity index (χ0v) is 24.5. The van der Waals surface area contributed by atoms with Crippen molar-refractivity contribution in [3.8, 4) is 11.5 Å². The van der Waals surface area contributed by atoms with Crippen molar-refractivity contribution < 1.29 is 9.47 Å². The van der Waals surface area contributed by atoms with Crippen LogP contribution in [-0.4, -0.2) is 91.4 Å². The SMILES string of the molecule is CCN(CC)CCOc1ccc2c(=O)c3ccc(OCCN(CC)CC)cc3n(CCN(CC)CC)c2c1. The van der Waals surface area contributed by atoms with Gasteiger partial charge in [0.05, 0.1) is 11.0 Å². The van der Waals surface area contributed by atoms with Crippen molar-refractivity contribution >= 4 is 21.8 Å². The van der Waals surface area contributed by atoms with Crippen LogP contribution < -0.4 is 14.9 Å². The molecule has 0 saturated heterocycles. The maximum atomic E-state index is 13.6. The molecule has 0 aliphatic carbocycles. The highest BCUT2D eigenvalue weighted by atomic mass is 16.5. The van der Waals surface area contributed by atoms with Gasteiger partial charge in [-0.2, -0.15) is 0 Å². The van der Waals surface area contributed by atoms with Gasteiger partial charge in [0.1, 0.15) is 24.7 Å². The molecule has 0 radical (unpaired) electrons. The third-order valence-electron chi connectivity index (χ3n) is 7.68. The van der Waals surface area contributed by atoms with E-state index in [2.05, 4.69) is 60.8 Å². The first-order valence-corrected chi connectivity index (χ1v) is 14.5. The van der Waals surface area contributed by atoms with Crippen molar-refractivity contribution in [2.24, 2.45) is 0 Å². The molecule has 0 spiro atoms. The summed E-state index contributed by atoms with van der Waals surface area (Å²) in [5.41, 5.74) is 1.88. The summed E-state index contributed by atoms with van der Waals surface area (Å²) in [4.78, 5) is 20.7. The molecule has 7 heteroatoms. The lowest BCUT2D eigenvalue weighted by molar-refractivity contribution is 0.223. The van der Waals surface area contributed by atoms with Crippen LogP contribution in [0.25, 0.3) is 21.8 Å². The molecule has 210 valence electrons. The van der Waals surface area contributed by atoms with Crippen LogP contribution in [-0.2, 0) is 6.54 Å². The van der Waals surface area contributed by atoms with Gasteiger partial charge in [0.25, 0.3) is 0 Å². The zero-order chi connectivity index (χ0) is 27.5. The first kappa shape index (κ1) is 29.9. The summed E-state index contributed by atoms with van der Waals surface area (Å²) in [6.07, 6.45) is 0. The average Bonchev–Trinajstić information content (AvgIpc) is 2.95. The van der Waals surface area contributed by atoms with Gasteiger partial charge in [0.2, 0.25) is 0 Å². The minimum absolute atomic E-state index is 0.0541. The first-order chi connectivity index (χ1) is 18.5. The second kappa shape index (κ2) is 15.1. The highest BCUT2D eigenvalue weighted by Gasteiger charge is 2.14. The number of hydrogen-bond donors (Lipinski definition) is 0. The van der Waals surface area contributed by atoms with Gasteiger partial charge in [-0.25, -0.2) is 0 Å². The zero-order valence-electron chi connectivity index (χ0n) is 24.5. The van der Waals surface area contributed by atoms with Gasteiger partial charge >= 0.3 is 0 Å². The highest BCUT2D eigenvalue weighted by Crippen LogP contribution is 2.26. The maximum absolute atomic E-state index is 13.6. The largest absolute Gasteiger partial charge is 0.492 e. The molecule has 0 bridgehead atoms. The second-order valence-corrected chi connectivity index (χ2v) is 9.62. The predicted octanol–water partition coefficient (Wildman–Crippen LogP) is 4.94. The fourth-order valence-corrected chi connectivity index (χ4v) is 4.99. The van der Waals surface area contributed by atoms with Gasteiger partial charge in [0, 0.05) is 49.1 Å². The Morgan fingerprint density at radius 1 is 0.605 bits per heavy atom. The lowest BCUT2D eigenvalue weighted by atomic mass is 10.1. The van der Waals surface area contributed by atoms with E-state index in [1.807, 2.05) is 36.4 Å². The minimum atomic E-state index is 0.0541. The van der Waals surface area contributed by atoms with Crippen LogP contribution in [0, 0.1) is 0 Å². The molecule has 0 saturated carbocycles. The fraction of sp³-hybridized carbons (Fsp3) is 0.581. The van der Waals surface area contributed by atoms with Gasteiger partial charge in [0.15, 0.2) is 5.43 Å². The Morgan fingerprint density at radius 3 is 1.39 bits per heavy atom. The summed E-state index contributed by atoms with van der Waals surface area (Å²) in [5, 5.41) is 1.45. The van der Waals surface area contributed by atoms with Crippen LogP contribution in [0.2, 0.25) is 0 Å². The Balaban J connectivity index is 2.00. The number of likely N-dealkylation sites (N-methyl/N-ethyl adjacent to an activating group) is 3. The Morgan fingerprint density at radius 2 is 1.00 bits per heavy atom. The molecule has 0 atom stereocenters. The Kier molecular flexibility index (Phi) is 11.9. The number of hydrogen-bond acceptors (Lipinski definition) is 6. The van der Waals surface area contributed by atoms with E-state index in [1.54, 1.807) is 0 Å². The monoisotopic (exact) mass is 524 g/mol. The normalized spacial score (nSPS) is 11.9. The number of aromatic nitrogens is 1. The van der Waals surface area contributed by atoms with Crippen LogP contribution in [0.15, 0.2) is 41.2 Å². The smallest absolute Gasteiger partial charge is 0.197 e. The lowest BCUT2D eigenvalue weighted by Gasteiger charge is -2.22. The second-order valence-electron chi connectivity index (χ2n) is 9.62. The molecule has 1 heterocycles. The number of rotatable bonds is 17. The molecule has 3 rings (SSSR count). The average molecular weight is 525 g/mol. The number of pyridine rings is 1. The summed E-state index contributed by atoms with van der Waals surface area (Å²) in [5.74, 6) is 1.60. The van der Waals surface area contributed by atoms with E-state index in [9.17, 15) is 4.79 Å². The van der Waals surface area contributed by atoms with Crippen LogP contribution >= 0.6 is 0 Å². The topological polar surface area (TPSA) is 50.2 Å². The van der Waals surface area contributed by atoms with Gasteiger partial charge in [-0.3, -0.25) is 4.79 Å². The van der Waals surface area contributed by atoms with Crippen LogP contribution in [0.5, 0.6) is 11.5 Å². The van der Waals surface area contributed by atoms with Crippen LogP contribution in [0.4, 0.5) is 0 Å². The fourth-order valence-electron chi connectivity index (χ4n) is 4.99. The maximum Gasteiger partial charge on any atom is 0.197 e. The molecule has 0 N–H and O–H groups in total. The van der Waals surface area contributed by atoms with E-state index in [1.165, 1.54) is 0 Å². The third-order valence-corrected chi connectivity index (χ3v) is 7.68. The van der Waals surface area contributed by atoms with Crippen molar-refractivity contribution in [2.75, 3.05) is 72.1 Å². The molecule has 0 unspecified atom stereocenters.